The first-order valence-electron chi connectivity index (χ1n) is 5.29. The van der Waals surface area contributed by atoms with Gasteiger partial charge in [-0.2, -0.15) is 0 Å². The second-order valence-corrected chi connectivity index (χ2v) is 4.92. The molecule has 1 aromatic rings. The summed E-state index contributed by atoms with van der Waals surface area (Å²) in [4.78, 5) is 0. The molecule has 0 aliphatic carbocycles. The van der Waals surface area contributed by atoms with Crippen molar-refractivity contribution in [3.8, 4) is 0 Å². The summed E-state index contributed by atoms with van der Waals surface area (Å²) in [6.45, 7) is 1.72. The van der Waals surface area contributed by atoms with Crippen molar-refractivity contribution in [1.82, 2.24) is 5.32 Å². The standard InChI is InChI=1S/C11H17NO2S/c1-12-10-4-6-13-7-11(10)15-8-9-3-2-5-14-9/h2-3,5,10-12H,4,6-8H2,1H3. The number of rotatable bonds is 4. The monoisotopic (exact) mass is 227 g/mol. The lowest BCUT2D eigenvalue weighted by molar-refractivity contribution is 0.0850. The highest BCUT2D eigenvalue weighted by molar-refractivity contribution is 7.99. The molecule has 1 saturated heterocycles. The molecule has 0 aromatic carbocycles. The Labute approximate surface area is 94.6 Å². The lowest BCUT2D eigenvalue weighted by Gasteiger charge is -2.30. The summed E-state index contributed by atoms with van der Waals surface area (Å²) in [5.41, 5.74) is 0. The highest BCUT2D eigenvalue weighted by atomic mass is 32.2. The predicted molar refractivity (Wildman–Crippen MR) is 62.1 cm³/mol. The Bertz CT molecular complexity index is 276. The minimum absolute atomic E-state index is 0.536. The molecule has 1 aliphatic heterocycles. The van der Waals surface area contributed by atoms with E-state index in [0.717, 1.165) is 31.1 Å². The van der Waals surface area contributed by atoms with Gasteiger partial charge in [-0.05, 0) is 25.6 Å². The van der Waals surface area contributed by atoms with Crippen LogP contribution < -0.4 is 5.32 Å². The number of furan rings is 1. The normalized spacial score (nSPS) is 26.7. The van der Waals surface area contributed by atoms with Gasteiger partial charge >= 0.3 is 0 Å². The Morgan fingerprint density at radius 2 is 2.53 bits per heavy atom. The minimum Gasteiger partial charge on any atom is -0.468 e. The number of thioether (sulfide) groups is 1. The Kier molecular flexibility index (Phi) is 4.11. The maximum atomic E-state index is 5.49. The van der Waals surface area contributed by atoms with Crippen molar-refractivity contribution in [2.75, 3.05) is 20.3 Å². The van der Waals surface area contributed by atoms with E-state index in [1.807, 2.05) is 30.9 Å². The highest BCUT2D eigenvalue weighted by Crippen LogP contribution is 2.24. The third-order valence-electron chi connectivity index (χ3n) is 2.69. The van der Waals surface area contributed by atoms with Crippen molar-refractivity contribution in [3.05, 3.63) is 24.2 Å². The van der Waals surface area contributed by atoms with Crippen molar-refractivity contribution in [2.45, 2.75) is 23.5 Å². The van der Waals surface area contributed by atoms with Gasteiger partial charge in [0.1, 0.15) is 5.76 Å². The fraction of sp³-hybridized carbons (Fsp3) is 0.636. The lowest BCUT2D eigenvalue weighted by atomic mass is 10.1. The molecule has 4 heteroatoms. The smallest absolute Gasteiger partial charge is 0.113 e. The Morgan fingerprint density at radius 3 is 3.27 bits per heavy atom. The zero-order valence-electron chi connectivity index (χ0n) is 8.94. The lowest BCUT2D eigenvalue weighted by Crippen LogP contribution is -2.43. The van der Waals surface area contributed by atoms with E-state index >= 15 is 0 Å². The second-order valence-electron chi connectivity index (χ2n) is 3.69. The Balaban J connectivity index is 1.81. The Morgan fingerprint density at radius 1 is 1.60 bits per heavy atom. The maximum absolute atomic E-state index is 5.49. The molecule has 0 bridgehead atoms. The summed E-state index contributed by atoms with van der Waals surface area (Å²) < 4.78 is 10.8. The van der Waals surface area contributed by atoms with Gasteiger partial charge in [-0.15, -0.1) is 11.8 Å². The van der Waals surface area contributed by atoms with Gasteiger partial charge in [0.05, 0.1) is 18.6 Å². The fourth-order valence-corrected chi connectivity index (χ4v) is 3.03. The summed E-state index contributed by atoms with van der Waals surface area (Å²) >= 11 is 1.91. The van der Waals surface area contributed by atoms with E-state index in [2.05, 4.69) is 5.32 Å². The molecule has 1 fully saturated rings. The van der Waals surface area contributed by atoms with Gasteiger partial charge in [-0.25, -0.2) is 0 Å². The zero-order chi connectivity index (χ0) is 10.5. The van der Waals surface area contributed by atoms with Crippen LogP contribution in [0.2, 0.25) is 0 Å². The van der Waals surface area contributed by atoms with E-state index < -0.39 is 0 Å². The van der Waals surface area contributed by atoms with Crippen LogP contribution in [0, 0.1) is 0 Å². The third-order valence-corrected chi connectivity index (χ3v) is 4.04. The van der Waals surface area contributed by atoms with Gasteiger partial charge in [-0.1, -0.05) is 0 Å². The Hall–Kier alpha value is -0.450. The molecule has 0 spiro atoms. The number of ether oxygens (including phenoxy) is 1. The van der Waals surface area contributed by atoms with Crippen LogP contribution in [0.15, 0.2) is 22.8 Å². The highest BCUT2D eigenvalue weighted by Gasteiger charge is 2.24. The van der Waals surface area contributed by atoms with Crippen LogP contribution >= 0.6 is 11.8 Å². The zero-order valence-corrected chi connectivity index (χ0v) is 9.76. The molecule has 2 unspecified atom stereocenters. The van der Waals surface area contributed by atoms with Crippen LogP contribution in [0.3, 0.4) is 0 Å². The summed E-state index contributed by atoms with van der Waals surface area (Å²) in [6, 6.07) is 4.52. The average Bonchev–Trinajstić information content (AvgIpc) is 2.79. The molecule has 1 aromatic heterocycles. The number of hydrogen-bond acceptors (Lipinski definition) is 4. The summed E-state index contributed by atoms with van der Waals surface area (Å²) in [5, 5.41) is 3.89. The molecule has 2 atom stereocenters. The van der Waals surface area contributed by atoms with Crippen LogP contribution in [0.1, 0.15) is 12.2 Å². The van der Waals surface area contributed by atoms with Gasteiger partial charge in [0, 0.05) is 17.9 Å². The van der Waals surface area contributed by atoms with Gasteiger partial charge < -0.3 is 14.5 Å². The first-order valence-corrected chi connectivity index (χ1v) is 6.34. The predicted octanol–water partition coefficient (Wildman–Crippen LogP) is 1.89. The van der Waals surface area contributed by atoms with Gasteiger partial charge in [0.2, 0.25) is 0 Å². The van der Waals surface area contributed by atoms with Crippen molar-refractivity contribution >= 4 is 11.8 Å². The molecular weight excluding hydrogens is 210 g/mol. The summed E-state index contributed by atoms with van der Waals surface area (Å²) in [5.74, 6) is 1.97. The molecule has 0 radical (unpaired) electrons. The van der Waals surface area contributed by atoms with Crippen LogP contribution in [-0.2, 0) is 10.5 Å². The van der Waals surface area contributed by atoms with Gasteiger partial charge in [0.25, 0.3) is 0 Å². The maximum Gasteiger partial charge on any atom is 0.113 e. The van der Waals surface area contributed by atoms with E-state index in [-0.39, 0.29) is 0 Å². The van der Waals surface area contributed by atoms with Gasteiger partial charge in [-0.3, -0.25) is 0 Å². The first kappa shape index (κ1) is 11.0. The molecular formula is C11H17NO2S. The van der Waals surface area contributed by atoms with Crippen molar-refractivity contribution in [3.63, 3.8) is 0 Å². The third kappa shape index (κ3) is 3.00. The van der Waals surface area contributed by atoms with E-state index in [0.29, 0.717) is 11.3 Å². The first-order chi connectivity index (χ1) is 7.40. The molecule has 1 N–H and O–H groups in total. The molecule has 3 nitrogen and oxygen atoms in total. The number of hydrogen-bond donors (Lipinski definition) is 1. The molecule has 15 heavy (non-hydrogen) atoms. The molecule has 84 valence electrons. The van der Waals surface area contributed by atoms with Crippen molar-refractivity contribution in [1.29, 1.82) is 0 Å². The molecule has 1 aliphatic rings. The molecule has 2 heterocycles. The minimum atomic E-state index is 0.536. The second kappa shape index (κ2) is 5.58. The van der Waals surface area contributed by atoms with Gasteiger partial charge in [0.15, 0.2) is 0 Å². The average molecular weight is 227 g/mol. The van der Waals surface area contributed by atoms with Crippen molar-refractivity contribution < 1.29 is 9.15 Å². The van der Waals surface area contributed by atoms with Crippen LogP contribution in [0.4, 0.5) is 0 Å². The van der Waals surface area contributed by atoms with E-state index in [9.17, 15) is 0 Å². The van der Waals surface area contributed by atoms with Crippen LogP contribution in [0.5, 0.6) is 0 Å². The van der Waals surface area contributed by atoms with Crippen LogP contribution in [0.25, 0.3) is 0 Å². The van der Waals surface area contributed by atoms with Crippen molar-refractivity contribution in [2.24, 2.45) is 0 Å². The van der Waals surface area contributed by atoms with E-state index in [1.54, 1.807) is 6.26 Å². The summed E-state index contributed by atoms with van der Waals surface area (Å²) in [7, 11) is 2.02. The quantitative estimate of drug-likeness (QED) is 0.852. The van der Waals surface area contributed by atoms with E-state index in [4.69, 9.17) is 9.15 Å². The SMILES string of the molecule is CNC1CCOCC1SCc1ccco1. The summed E-state index contributed by atoms with van der Waals surface area (Å²) in [6.07, 6.45) is 2.83. The number of nitrogens with one attached hydrogen (secondary N) is 1. The molecule has 2 rings (SSSR count). The molecule has 0 amide bonds. The fourth-order valence-electron chi connectivity index (χ4n) is 1.79. The van der Waals surface area contributed by atoms with E-state index in [1.165, 1.54) is 0 Å². The largest absolute Gasteiger partial charge is 0.468 e. The molecule has 0 saturated carbocycles. The van der Waals surface area contributed by atoms with Crippen LogP contribution in [-0.4, -0.2) is 31.6 Å². The topological polar surface area (TPSA) is 34.4 Å².